The lowest BCUT2D eigenvalue weighted by atomic mass is 10.3. The molecule has 0 amide bonds. The summed E-state index contributed by atoms with van der Waals surface area (Å²) in [6.07, 6.45) is 3.27. The summed E-state index contributed by atoms with van der Waals surface area (Å²) in [6, 6.07) is 5.45. The minimum atomic E-state index is 0.577. The molecule has 2 aromatic heterocycles. The second-order valence-electron chi connectivity index (χ2n) is 2.91. The number of hydrogen-bond acceptors (Lipinski definition) is 6. The van der Waals surface area contributed by atoms with Crippen LogP contribution in [-0.2, 0) is 6.54 Å². The van der Waals surface area contributed by atoms with Crippen LogP contribution in [0.1, 0.15) is 5.76 Å². The summed E-state index contributed by atoms with van der Waals surface area (Å²) in [5.41, 5.74) is 3.39. The lowest BCUT2D eigenvalue weighted by molar-refractivity contribution is 0.388. The highest BCUT2D eigenvalue weighted by Crippen LogP contribution is 2.11. The lowest BCUT2D eigenvalue weighted by Crippen LogP contribution is -2.08. The van der Waals surface area contributed by atoms with Gasteiger partial charge in [0.2, 0.25) is 0 Å². The van der Waals surface area contributed by atoms with E-state index >= 15 is 0 Å². The van der Waals surface area contributed by atoms with Crippen LogP contribution in [0.5, 0.6) is 0 Å². The van der Waals surface area contributed by atoms with E-state index in [-0.39, 0.29) is 0 Å². The van der Waals surface area contributed by atoms with Crippen LogP contribution in [0.3, 0.4) is 0 Å². The van der Waals surface area contributed by atoms with Gasteiger partial charge in [-0.25, -0.2) is 10.8 Å². The van der Waals surface area contributed by atoms with E-state index in [2.05, 4.69) is 20.9 Å². The van der Waals surface area contributed by atoms with E-state index < -0.39 is 0 Å². The standard InChI is InChI=1S/C9H11N5O/c10-14-9-5-7(1-3-11-9)12-6-8-2-4-13-15-8/h1-5H,6,10H2,(H2,11,12,14). The van der Waals surface area contributed by atoms with Crippen molar-refractivity contribution in [2.24, 2.45) is 5.84 Å². The van der Waals surface area contributed by atoms with Crippen molar-refractivity contribution in [3.05, 3.63) is 36.4 Å². The van der Waals surface area contributed by atoms with E-state index in [1.807, 2.05) is 6.07 Å². The molecule has 0 saturated heterocycles. The number of aromatic nitrogens is 2. The Labute approximate surface area is 86.4 Å². The fourth-order valence-electron chi connectivity index (χ4n) is 1.14. The summed E-state index contributed by atoms with van der Waals surface area (Å²) in [5, 5.41) is 6.76. The number of pyridine rings is 1. The molecule has 0 aliphatic rings. The summed E-state index contributed by atoms with van der Waals surface area (Å²) in [6.45, 7) is 0.577. The average Bonchev–Trinajstić information content (AvgIpc) is 2.79. The van der Waals surface area contributed by atoms with Gasteiger partial charge in [-0.05, 0) is 6.07 Å². The molecule has 0 aliphatic heterocycles. The van der Waals surface area contributed by atoms with Gasteiger partial charge < -0.3 is 15.3 Å². The molecule has 0 fully saturated rings. The Bertz CT molecular complexity index is 414. The van der Waals surface area contributed by atoms with Gasteiger partial charge in [0.05, 0.1) is 12.7 Å². The summed E-state index contributed by atoms with van der Waals surface area (Å²) in [7, 11) is 0. The molecule has 2 aromatic rings. The molecule has 6 heteroatoms. The molecule has 0 atom stereocenters. The molecular weight excluding hydrogens is 194 g/mol. The van der Waals surface area contributed by atoms with Crippen LogP contribution < -0.4 is 16.6 Å². The first-order chi connectivity index (χ1) is 7.38. The second-order valence-corrected chi connectivity index (χ2v) is 2.91. The van der Waals surface area contributed by atoms with Crippen molar-refractivity contribution >= 4 is 11.5 Å². The smallest absolute Gasteiger partial charge is 0.155 e. The van der Waals surface area contributed by atoms with Crippen LogP contribution in [0, 0.1) is 0 Å². The Morgan fingerprint density at radius 2 is 2.27 bits per heavy atom. The van der Waals surface area contributed by atoms with Gasteiger partial charge in [0.15, 0.2) is 5.76 Å². The number of rotatable bonds is 4. The molecule has 2 rings (SSSR count). The third kappa shape index (κ3) is 2.44. The number of nitrogens with one attached hydrogen (secondary N) is 2. The zero-order chi connectivity index (χ0) is 10.5. The normalized spacial score (nSPS) is 9.93. The average molecular weight is 205 g/mol. The fraction of sp³-hybridized carbons (Fsp3) is 0.111. The van der Waals surface area contributed by atoms with Crippen LogP contribution in [0.25, 0.3) is 0 Å². The maximum Gasteiger partial charge on any atom is 0.155 e. The van der Waals surface area contributed by atoms with Gasteiger partial charge in [-0.3, -0.25) is 0 Å². The van der Waals surface area contributed by atoms with Crippen LogP contribution in [0.15, 0.2) is 35.1 Å². The molecule has 0 aliphatic carbocycles. The molecule has 0 unspecified atom stereocenters. The van der Waals surface area contributed by atoms with E-state index in [4.69, 9.17) is 10.4 Å². The van der Waals surface area contributed by atoms with Crippen LogP contribution in [-0.4, -0.2) is 10.1 Å². The van der Waals surface area contributed by atoms with Gasteiger partial charge in [-0.2, -0.15) is 0 Å². The highest BCUT2D eigenvalue weighted by molar-refractivity contribution is 5.51. The molecule has 0 radical (unpaired) electrons. The number of nitrogens with zero attached hydrogens (tertiary/aromatic N) is 2. The largest absolute Gasteiger partial charge is 0.378 e. The van der Waals surface area contributed by atoms with Crippen molar-refractivity contribution in [3.63, 3.8) is 0 Å². The van der Waals surface area contributed by atoms with Gasteiger partial charge in [0.25, 0.3) is 0 Å². The van der Waals surface area contributed by atoms with Crippen molar-refractivity contribution in [1.82, 2.24) is 10.1 Å². The van der Waals surface area contributed by atoms with E-state index in [1.54, 1.807) is 24.5 Å². The Morgan fingerprint density at radius 1 is 1.33 bits per heavy atom. The van der Waals surface area contributed by atoms with Gasteiger partial charge in [0, 0.05) is 24.0 Å². The van der Waals surface area contributed by atoms with Crippen molar-refractivity contribution < 1.29 is 4.52 Å². The lowest BCUT2D eigenvalue weighted by Gasteiger charge is -2.05. The van der Waals surface area contributed by atoms with E-state index in [1.165, 1.54) is 0 Å². The quantitative estimate of drug-likeness (QED) is 0.509. The summed E-state index contributed by atoms with van der Waals surface area (Å²) >= 11 is 0. The molecule has 0 aromatic carbocycles. The zero-order valence-corrected chi connectivity index (χ0v) is 7.97. The highest BCUT2D eigenvalue weighted by Gasteiger charge is 1.98. The van der Waals surface area contributed by atoms with Gasteiger partial charge in [0.1, 0.15) is 5.82 Å². The molecule has 6 nitrogen and oxygen atoms in total. The zero-order valence-electron chi connectivity index (χ0n) is 7.97. The number of nitrogen functional groups attached to an aromatic ring is 1. The van der Waals surface area contributed by atoms with Crippen molar-refractivity contribution in [2.45, 2.75) is 6.54 Å². The molecule has 4 N–H and O–H groups in total. The van der Waals surface area contributed by atoms with Crippen molar-refractivity contribution in [2.75, 3.05) is 10.7 Å². The molecule has 0 saturated carbocycles. The van der Waals surface area contributed by atoms with E-state index in [0.717, 1.165) is 11.4 Å². The number of hydrazine groups is 1. The van der Waals surface area contributed by atoms with Crippen molar-refractivity contribution in [3.8, 4) is 0 Å². The maximum absolute atomic E-state index is 5.24. The number of hydrogen-bond donors (Lipinski definition) is 3. The molecule has 2 heterocycles. The Morgan fingerprint density at radius 3 is 3.00 bits per heavy atom. The highest BCUT2D eigenvalue weighted by atomic mass is 16.5. The van der Waals surface area contributed by atoms with E-state index in [0.29, 0.717) is 12.4 Å². The minimum Gasteiger partial charge on any atom is -0.378 e. The molecule has 0 bridgehead atoms. The van der Waals surface area contributed by atoms with E-state index in [9.17, 15) is 0 Å². The number of nitrogens with two attached hydrogens (primary N) is 1. The van der Waals surface area contributed by atoms with Gasteiger partial charge in [-0.1, -0.05) is 5.16 Å². The van der Waals surface area contributed by atoms with Gasteiger partial charge in [-0.15, -0.1) is 0 Å². The van der Waals surface area contributed by atoms with Crippen LogP contribution in [0.2, 0.25) is 0 Å². The summed E-state index contributed by atoms with van der Waals surface area (Å²) < 4.78 is 4.94. The van der Waals surface area contributed by atoms with Gasteiger partial charge >= 0.3 is 0 Å². The maximum atomic E-state index is 5.24. The Hall–Kier alpha value is -2.08. The predicted octanol–water partition coefficient (Wildman–Crippen LogP) is 0.967. The first kappa shape index (κ1) is 9.47. The van der Waals surface area contributed by atoms with Crippen LogP contribution >= 0.6 is 0 Å². The third-order valence-electron chi connectivity index (χ3n) is 1.87. The molecule has 15 heavy (non-hydrogen) atoms. The monoisotopic (exact) mass is 205 g/mol. The summed E-state index contributed by atoms with van der Waals surface area (Å²) in [4.78, 5) is 3.99. The molecule has 78 valence electrons. The molecule has 0 spiro atoms. The Balaban J connectivity index is 1.98. The first-order valence-electron chi connectivity index (χ1n) is 4.44. The first-order valence-corrected chi connectivity index (χ1v) is 4.44. The molecular formula is C9H11N5O. The van der Waals surface area contributed by atoms with Crippen LogP contribution in [0.4, 0.5) is 11.5 Å². The predicted molar refractivity (Wildman–Crippen MR) is 55.9 cm³/mol. The van der Waals surface area contributed by atoms with Crippen molar-refractivity contribution in [1.29, 1.82) is 0 Å². The summed E-state index contributed by atoms with van der Waals surface area (Å²) in [5.74, 6) is 6.62. The fourth-order valence-corrected chi connectivity index (χ4v) is 1.14. The Kier molecular flexibility index (Phi) is 2.80. The second kappa shape index (κ2) is 4.43. The minimum absolute atomic E-state index is 0.577. The number of anilines is 2. The SMILES string of the molecule is NNc1cc(NCc2ccno2)ccn1. The topological polar surface area (TPSA) is 89.0 Å². The third-order valence-corrected chi connectivity index (χ3v) is 1.87.